The molecule has 114 valence electrons. The Kier molecular flexibility index (Phi) is 4.90. The van der Waals surface area contributed by atoms with Crippen LogP contribution in [0.25, 0.3) is 0 Å². The van der Waals surface area contributed by atoms with Gasteiger partial charge in [0.1, 0.15) is 5.54 Å². The molecule has 2 atom stereocenters. The third kappa shape index (κ3) is 3.98. The van der Waals surface area contributed by atoms with E-state index in [1.54, 1.807) is 0 Å². The van der Waals surface area contributed by atoms with Crippen molar-refractivity contribution in [1.29, 1.82) is 5.26 Å². The van der Waals surface area contributed by atoms with Crippen molar-refractivity contribution in [2.24, 2.45) is 0 Å². The first-order chi connectivity index (χ1) is 9.99. The Balaban J connectivity index is 2.11. The molecular weight excluding hydrogens is 258 g/mol. The summed E-state index contributed by atoms with van der Waals surface area (Å²) < 4.78 is 0. The lowest BCUT2D eigenvalue weighted by atomic mass is 9.93. The van der Waals surface area contributed by atoms with Crippen molar-refractivity contribution in [3.05, 3.63) is 29.8 Å². The van der Waals surface area contributed by atoms with Crippen LogP contribution in [0, 0.1) is 18.3 Å². The summed E-state index contributed by atoms with van der Waals surface area (Å²) in [5.74, 6) is 0. The molecule has 0 bridgehead atoms. The highest BCUT2D eigenvalue weighted by Gasteiger charge is 2.34. The average Bonchev–Trinajstić information content (AvgIpc) is 3.25. The van der Waals surface area contributed by atoms with Crippen molar-refractivity contribution in [2.75, 3.05) is 11.4 Å². The van der Waals surface area contributed by atoms with Gasteiger partial charge >= 0.3 is 0 Å². The molecule has 2 rings (SSSR count). The molecule has 1 aromatic carbocycles. The number of nitrogens with zero attached hydrogens (tertiary/aromatic N) is 2. The summed E-state index contributed by atoms with van der Waals surface area (Å²) in [7, 11) is 0. The van der Waals surface area contributed by atoms with Gasteiger partial charge in [0.25, 0.3) is 0 Å². The van der Waals surface area contributed by atoms with E-state index in [4.69, 9.17) is 0 Å². The van der Waals surface area contributed by atoms with Crippen LogP contribution in [-0.4, -0.2) is 24.2 Å². The molecule has 0 aliphatic heterocycles. The minimum atomic E-state index is -0.434. The number of para-hydroxylation sites is 1. The zero-order valence-corrected chi connectivity index (χ0v) is 13.7. The van der Waals surface area contributed by atoms with E-state index >= 15 is 0 Å². The molecule has 1 aromatic rings. The third-order valence-electron chi connectivity index (χ3n) is 4.35. The summed E-state index contributed by atoms with van der Waals surface area (Å²) in [5, 5.41) is 13.1. The zero-order valence-electron chi connectivity index (χ0n) is 13.7. The predicted octanol–water partition coefficient (Wildman–Crippen LogP) is 3.63. The van der Waals surface area contributed by atoms with Crippen LogP contribution in [0.15, 0.2) is 24.3 Å². The summed E-state index contributed by atoms with van der Waals surface area (Å²) in [5.41, 5.74) is 2.13. The van der Waals surface area contributed by atoms with Crippen LogP contribution in [0.2, 0.25) is 0 Å². The molecule has 0 spiro atoms. The first-order valence-electron chi connectivity index (χ1n) is 8.00. The van der Waals surface area contributed by atoms with Gasteiger partial charge in [-0.3, -0.25) is 5.32 Å². The summed E-state index contributed by atoms with van der Waals surface area (Å²) in [4.78, 5) is 2.40. The fourth-order valence-corrected chi connectivity index (χ4v) is 3.12. The first kappa shape index (κ1) is 15.9. The Morgan fingerprint density at radius 1 is 1.43 bits per heavy atom. The Hall–Kier alpha value is -1.53. The lowest BCUT2D eigenvalue weighted by Gasteiger charge is -2.36. The number of aryl methyl sites for hydroxylation is 1. The quantitative estimate of drug-likeness (QED) is 0.831. The number of nitriles is 1. The molecular formula is C18H27N3. The minimum Gasteiger partial charge on any atom is -0.369 e. The van der Waals surface area contributed by atoms with Gasteiger partial charge < -0.3 is 4.90 Å². The highest BCUT2D eigenvalue weighted by atomic mass is 15.2. The normalized spacial score (nSPS) is 18.6. The Bertz CT molecular complexity index is 515. The molecule has 1 aliphatic carbocycles. The fraction of sp³-hybridized carbons (Fsp3) is 0.611. The second-order valence-electron chi connectivity index (χ2n) is 6.49. The highest BCUT2D eigenvalue weighted by molar-refractivity contribution is 5.53. The van der Waals surface area contributed by atoms with Crippen molar-refractivity contribution in [3.8, 4) is 6.07 Å². The SMILES string of the molecule is CCN(c1ccccc1C)C(C)CC(C)(C#N)NC1CC1. The van der Waals surface area contributed by atoms with Crippen LogP contribution in [0.5, 0.6) is 0 Å². The van der Waals surface area contributed by atoms with E-state index in [9.17, 15) is 5.26 Å². The van der Waals surface area contributed by atoms with Crippen LogP contribution in [-0.2, 0) is 0 Å². The molecule has 3 heteroatoms. The second kappa shape index (κ2) is 6.49. The number of rotatable bonds is 7. The van der Waals surface area contributed by atoms with Gasteiger partial charge in [-0.05, 0) is 58.6 Å². The molecule has 0 heterocycles. The fourth-order valence-electron chi connectivity index (χ4n) is 3.12. The van der Waals surface area contributed by atoms with Gasteiger partial charge in [-0.1, -0.05) is 18.2 Å². The number of hydrogen-bond acceptors (Lipinski definition) is 3. The Morgan fingerprint density at radius 2 is 2.10 bits per heavy atom. The number of nitrogens with one attached hydrogen (secondary N) is 1. The molecule has 0 amide bonds. The van der Waals surface area contributed by atoms with E-state index in [2.05, 4.69) is 61.3 Å². The van der Waals surface area contributed by atoms with E-state index in [1.165, 1.54) is 24.1 Å². The highest BCUT2D eigenvalue weighted by Crippen LogP contribution is 2.28. The predicted molar refractivity (Wildman–Crippen MR) is 88.5 cm³/mol. The van der Waals surface area contributed by atoms with Crippen LogP contribution in [0.1, 0.15) is 45.6 Å². The third-order valence-corrected chi connectivity index (χ3v) is 4.35. The maximum absolute atomic E-state index is 9.56. The summed E-state index contributed by atoms with van der Waals surface area (Å²) in [6.45, 7) is 9.54. The van der Waals surface area contributed by atoms with Gasteiger partial charge in [0.15, 0.2) is 0 Å². The van der Waals surface area contributed by atoms with Gasteiger partial charge in [-0.2, -0.15) is 5.26 Å². The molecule has 1 N–H and O–H groups in total. The molecule has 0 radical (unpaired) electrons. The summed E-state index contributed by atoms with van der Waals surface area (Å²) >= 11 is 0. The van der Waals surface area contributed by atoms with E-state index in [-0.39, 0.29) is 0 Å². The van der Waals surface area contributed by atoms with Crippen molar-refractivity contribution >= 4 is 5.69 Å². The smallest absolute Gasteiger partial charge is 0.106 e. The van der Waals surface area contributed by atoms with Crippen LogP contribution < -0.4 is 10.2 Å². The van der Waals surface area contributed by atoms with Gasteiger partial charge in [0, 0.05) is 24.3 Å². The van der Waals surface area contributed by atoms with Crippen molar-refractivity contribution < 1.29 is 0 Å². The van der Waals surface area contributed by atoms with Crippen LogP contribution >= 0.6 is 0 Å². The molecule has 0 aromatic heterocycles. The number of hydrogen-bond donors (Lipinski definition) is 1. The molecule has 2 unspecified atom stereocenters. The van der Waals surface area contributed by atoms with Gasteiger partial charge in [-0.15, -0.1) is 0 Å². The molecule has 0 saturated heterocycles. The molecule has 1 aliphatic rings. The minimum absolute atomic E-state index is 0.326. The standard InChI is InChI=1S/C18H27N3/c1-5-21(17-9-7-6-8-14(17)2)15(3)12-18(4,13-19)20-16-10-11-16/h6-9,15-16,20H,5,10-12H2,1-4H3. The van der Waals surface area contributed by atoms with Crippen molar-refractivity contribution in [3.63, 3.8) is 0 Å². The summed E-state index contributed by atoms with van der Waals surface area (Å²) in [6, 6.07) is 11.9. The van der Waals surface area contributed by atoms with E-state index < -0.39 is 5.54 Å². The van der Waals surface area contributed by atoms with Crippen LogP contribution in [0.4, 0.5) is 5.69 Å². The topological polar surface area (TPSA) is 39.1 Å². The maximum Gasteiger partial charge on any atom is 0.106 e. The van der Waals surface area contributed by atoms with Crippen molar-refractivity contribution in [2.45, 2.75) is 64.6 Å². The maximum atomic E-state index is 9.56. The molecule has 3 nitrogen and oxygen atoms in total. The Labute approximate surface area is 129 Å². The zero-order chi connectivity index (χ0) is 15.5. The largest absolute Gasteiger partial charge is 0.369 e. The van der Waals surface area contributed by atoms with Gasteiger partial charge in [-0.25, -0.2) is 0 Å². The van der Waals surface area contributed by atoms with Crippen molar-refractivity contribution in [1.82, 2.24) is 5.32 Å². The van der Waals surface area contributed by atoms with Gasteiger partial charge in [0.05, 0.1) is 6.07 Å². The molecule has 21 heavy (non-hydrogen) atoms. The first-order valence-corrected chi connectivity index (χ1v) is 8.00. The lowest BCUT2D eigenvalue weighted by molar-refractivity contribution is 0.379. The molecule has 1 fully saturated rings. The summed E-state index contributed by atoms with van der Waals surface area (Å²) in [6.07, 6.45) is 3.25. The Morgan fingerprint density at radius 3 is 2.62 bits per heavy atom. The van der Waals surface area contributed by atoms with Crippen LogP contribution in [0.3, 0.4) is 0 Å². The van der Waals surface area contributed by atoms with Gasteiger partial charge in [0.2, 0.25) is 0 Å². The van der Waals surface area contributed by atoms with E-state index in [1.807, 2.05) is 6.92 Å². The van der Waals surface area contributed by atoms with E-state index in [0.717, 1.165) is 13.0 Å². The second-order valence-corrected chi connectivity index (χ2v) is 6.49. The van der Waals surface area contributed by atoms with E-state index in [0.29, 0.717) is 12.1 Å². The average molecular weight is 285 g/mol. The monoisotopic (exact) mass is 285 g/mol. The lowest BCUT2D eigenvalue weighted by Crippen LogP contribution is -2.48. The number of anilines is 1. The molecule has 1 saturated carbocycles. The number of benzene rings is 1.